The van der Waals surface area contributed by atoms with Crippen LogP contribution < -0.4 is 10.1 Å². The van der Waals surface area contributed by atoms with E-state index in [1.54, 1.807) is 19.4 Å². The number of carbonyl (C=O) groups is 1. The van der Waals surface area contributed by atoms with Gasteiger partial charge in [0.2, 0.25) is 5.91 Å². The normalized spacial score (nSPS) is 10.8. The summed E-state index contributed by atoms with van der Waals surface area (Å²) in [5, 5.41) is 7.10. The molecule has 0 spiro atoms. The molecule has 2 aromatic carbocycles. The molecule has 0 fully saturated rings. The molecule has 1 amide bonds. The number of benzene rings is 2. The van der Waals surface area contributed by atoms with Gasteiger partial charge in [0, 0.05) is 25.0 Å². The van der Waals surface area contributed by atoms with Crippen LogP contribution in [0.1, 0.15) is 11.1 Å². The summed E-state index contributed by atoms with van der Waals surface area (Å²) in [7, 11) is 1.62. The van der Waals surface area contributed by atoms with Gasteiger partial charge in [-0.1, -0.05) is 24.3 Å². The Balaban J connectivity index is 1.46. The molecule has 0 aliphatic heterocycles. The lowest BCUT2D eigenvalue weighted by Gasteiger charge is -2.05. The Kier molecular flexibility index (Phi) is 5.83. The van der Waals surface area contributed by atoms with E-state index in [-0.39, 0.29) is 5.91 Å². The van der Waals surface area contributed by atoms with Gasteiger partial charge in [-0.3, -0.25) is 4.79 Å². The summed E-state index contributed by atoms with van der Waals surface area (Å²) in [5.74, 6) is 0.659. The Hall–Kier alpha value is -3.34. The van der Waals surface area contributed by atoms with Crippen molar-refractivity contribution in [1.82, 2.24) is 15.1 Å². The second-order valence-electron chi connectivity index (χ2n) is 5.77. The maximum Gasteiger partial charge on any atom is 0.244 e. The highest BCUT2D eigenvalue weighted by Crippen LogP contribution is 2.13. The molecule has 3 rings (SSSR count). The zero-order valence-electron chi connectivity index (χ0n) is 14.6. The smallest absolute Gasteiger partial charge is 0.244 e. The van der Waals surface area contributed by atoms with E-state index in [0.717, 1.165) is 29.0 Å². The van der Waals surface area contributed by atoms with E-state index < -0.39 is 0 Å². The van der Waals surface area contributed by atoms with Gasteiger partial charge in [0.1, 0.15) is 5.75 Å². The first-order valence-corrected chi connectivity index (χ1v) is 8.43. The highest BCUT2D eigenvalue weighted by atomic mass is 16.5. The van der Waals surface area contributed by atoms with Crippen molar-refractivity contribution in [3.8, 4) is 11.4 Å². The molecule has 26 heavy (non-hydrogen) atoms. The fraction of sp³-hybridized carbons (Fsp3) is 0.143. The monoisotopic (exact) mass is 347 g/mol. The topological polar surface area (TPSA) is 56.1 Å². The van der Waals surface area contributed by atoms with Gasteiger partial charge in [-0.25, -0.2) is 4.68 Å². The number of ether oxygens (including phenoxy) is 1. The van der Waals surface area contributed by atoms with Crippen molar-refractivity contribution in [2.75, 3.05) is 13.7 Å². The summed E-state index contributed by atoms with van der Waals surface area (Å²) < 4.78 is 6.98. The average molecular weight is 347 g/mol. The van der Waals surface area contributed by atoms with Gasteiger partial charge in [-0.15, -0.1) is 0 Å². The summed E-state index contributed by atoms with van der Waals surface area (Å²) in [4.78, 5) is 11.9. The fourth-order valence-electron chi connectivity index (χ4n) is 2.54. The molecule has 0 bridgehead atoms. The third-order valence-corrected chi connectivity index (χ3v) is 3.94. The number of nitrogens with zero attached hydrogens (tertiary/aromatic N) is 2. The quantitative estimate of drug-likeness (QED) is 0.668. The van der Waals surface area contributed by atoms with Crippen LogP contribution >= 0.6 is 0 Å². The van der Waals surface area contributed by atoms with E-state index in [1.165, 1.54) is 6.08 Å². The number of nitrogens with one attached hydrogen (secondary N) is 1. The molecule has 0 saturated heterocycles. The standard InChI is InChI=1S/C21H21N3O2/c1-26-20-5-2-4-18(16-20)8-11-21(25)22-14-12-17-6-9-19(10-7-17)24-15-3-13-23-24/h2-11,13,15-16H,12,14H2,1H3,(H,22,25)/b11-8+. The minimum Gasteiger partial charge on any atom is -0.497 e. The molecule has 1 aromatic heterocycles. The fourth-order valence-corrected chi connectivity index (χ4v) is 2.54. The Morgan fingerprint density at radius 3 is 2.77 bits per heavy atom. The lowest BCUT2D eigenvalue weighted by Crippen LogP contribution is -2.23. The predicted molar refractivity (Wildman–Crippen MR) is 102 cm³/mol. The molecule has 1 heterocycles. The molecule has 0 radical (unpaired) electrons. The van der Waals surface area contributed by atoms with Crippen molar-refractivity contribution in [2.24, 2.45) is 0 Å². The van der Waals surface area contributed by atoms with Crippen LogP contribution in [-0.2, 0) is 11.2 Å². The number of hydrogen-bond donors (Lipinski definition) is 1. The molecule has 0 saturated carbocycles. The van der Waals surface area contributed by atoms with Gasteiger partial charge in [0.25, 0.3) is 0 Å². The third-order valence-electron chi connectivity index (χ3n) is 3.94. The van der Waals surface area contributed by atoms with Crippen LogP contribution in [0, 0.1) is 0 Å². The Morgan fingerprint density at radius 1 is 1.19 bits per heavy atom. The SMILES string of the molecule is COc1cccc(/C=C/C(=O)NCCc2ccc(-n3cccn3)cc2)c1. The van der Waals surface area contributed by atoms with Crippen molar-refractivity contribution in [3.63, 3.8) is 0 Å². The van der Waals surface area contributed by atoms with Crippen LogP contribution in [-0.4, -0.2) is 29.3 Å². The first-order chi connectivity index (χ1) is 12.7. The van der Waals surface area contributed by atoms with Gasteiger partial charge in [0.05, 0.1) is 12.8 Å². The summed E-state index contributed by atoms with van der Waals surface area (Å²) in [6, 6.07) is 17.6. The van der Waals surface area contributed by atoms with Crippen LogP contribution in [0.3, 0.4) is 0 Å². The predicted octanol–water partition coefficient (Wildman–Crippen LogP) is 3.25. The van der Waals surface area contributed by atoms with Crippen LogP contribution in [0.4, 0.5) is 0 Å². The largest absolute Gasteiger partial charge is 0.497 e. The highest BCUT2D eigenvalue weighted by Gasteiger charge is 1.99. The number of methoxy groups -OCH3 is 1. The van der Waals surface area contributed by atoms with Crippen LogP contribution in [0.5, 0.6) is 5.75 Å². The first kappa shape index (κ1) is 17.5. The van der Waals surface area contributed by atoms with E-state index in [0.29, 0.717) is 6.54 Å². The molecule has 0 aliphatic rings. The van der Waals surface area contributed by atoms with Crippen molar-refractivity contribution >= 4 is 12.0 Å². The van der Waals surface area contributed by atoms with Gasteiger partial charge >= 0.3 is 0 Å². The summed E-state index contributed by atoms with van der Waals surface area (Å²) in [6.07, 6.45) is 7.75. The molecule has 5 nitrogen and oxygen atoms in total. The van der Waals surface area contributed by atoms with Gasteiger partial charge in [-0.05, 0) is 54.0 Å². The molecular formula is C21H21N3O2. The second-order valence-corrected chi connectivity index (χ2v) is 5.77. The number of carbonyl (C=O) groups excluding carboxylic acids is 1. The van der Waals surface area contributed by atoms with E-state index in [2.05, 4.69) is 22.5 Å². The third kappa shape index (κ3) is 4.83. The Bertz CT molecular complexity index is 869. The zero-order valence-corrected chi connectivity index (χ0v) is 14.6. The molecule has 1 N–H and O–H groups in total. The van der Waals surface area contributed by atoms with Crippen molar-refractivity contribution in [3.05, 3.63) is 84.2 Å². The molecule has 0 unspecified atom stereocenters. The van der Waals surface area contributed by atoms with E-state index in [9.17, 15) is 4.79 Å². The molecular weight excluding hydrogens is 326 g/mol. The van der Waals surface area contributed by atoms with E-state index in [1.807, 2.05) is 53.3 Å². The van der Waals surface area contributed by atoms with Crippen LogP contribution in [0.2, 0.25) is 0 Å². The molecule has 5 heteroatoms. The Labute approximate surface area is 152 Å². The van der Waals surface area contributed by atoms with Crippen LogP contribution in [0.25, 0.3) is 11.8 Å². The maximum atomic E-state index is 11.9. The zero-order chi connectivity index (χ0) is 18.2. The maximum absolute atomic E-state index is 11.9. The highest BCUT2D eigenvalue weighted by molar-refractivity contribution is 5.91. The molecule has 0 aliphatic carbocycles. The van der Waals surface area contributed by atoms with Gasteiger partial charge in [0.15, 0.2) is 0 Å². The molecule has 132 valence electrons. The lowest BCUT2D eigenvalue weighted by atomic mass is 10.1. The summed E-state index contributed by atoms with van der Waals surface area (Å²) in [6.45, 7) is 0.586. The first-order valence-electron chi connectivity index (χ1n) is 8.43. The number of amides is 1. The van der Waals surface area contributed by atoms with Gasteiger partial charge < -0.3 is 10.1 Å². The van der Waals surface area contributed by atoms with E-state index >= 15 is 0 Å². The van der Waals surface area contributed by atoms with E-state index in [4.69, 9.17) is 4.74 Å². The number of rotatable bonds is 7. The average Bonchev–Trinajstić information content (AvgIpc) is 3.22. The van der Waals surface area contributed by atoms with Gasteiger partial charge in [-0.2, -0.15) is 5.10 Å². The summed E-state index contributed by atoms with van der Waals surface area (Å²) in [5.41, 5.74) is 3.11. The van der Waals surface area contributed by atoms with Crippen LogP contribution in [0.15, 0.2) is 73.1 Å². The Morgan fingerprint density at radius 2 is 2.04 bits per heavy atom. The van der Waals surface area contributed by atoms with Crippen molar-refractivity contribution in [2.45, 2.75) is 6.42 Å². The lowest BCUT2D eigenvalue weighted by molar-refractivity contribution is -0.116. The second kappa shape index (κ2) is 8.67. The molecule has 0 atom stereocenters. The van der Waals surface area contributed by atoms with Crippen molar-refractivity contribution in [1.29, 1.82) is 0 Å². The molecule has 3 aromatic rings. The minimum atomic E-state index is -0.110. The van der Waals surface area contributed by atoms with Crippen molar-refractivity contribution < 1.29 is 9.53 Å². The number of aromatic nitrogens is 2. The number of hydrogen-bond acceptors (Lipinski definition) is 3. The minimum absolute atomic E-state index is 0.110. The summed E-state index contributed by atoms with van der Waals surface area (Å²) >= 11 is 0.